The monoisotopic (exact) mass is 313 g/mol. The van der Waals surface area contributed by atoms with Crippen LogP contribution in [0, 0.1) is 0 Å². The number of benzene rings is 1. The molecule has 1 atom stereocenters. The Bertz CT molecular complexity index is 564. The molecule has 1 N–H and O–H groups in total. The van der Waals surface area contributed by atoms with Crippen molar-refractivity contribution >= 4 is 15.9 Å². The molecule has 1 unspecified atom stereocenters. The van der Waals surface area contributed by atoms with Crippen LogP contribution in [0.4, 0.5) is 0 Å². The summed E-state index contributed by atoms with van der Waals surface area (Å²) in [6, 6.07) is 7.89. The molecule has 0 spiro atoms. The molecule has 0 fully saturated rings. The molecule has 1 aromatic carbocycles. The van der Waals surface area contributed by atoms with E-state index in [0.717, 1.165) is 11.1 Å². The third kappa shape index (κ3) is 6.39. The van der Waals surface area contributed by atoms with E-state index in [0.29, 0.717) is 11.0 Å². The third-order valence-corrected chi connectivity index (χ3v) is 4.41. The van der Waals surface area contributed by atoms with Crippen LogP contribution < -0.4 is 5.11 Å². The quantitative estimate of drug-likeness (QED) is 0.685. The molecule has 0 heterocycles. The van der Waals surface area contributed by atoms with E-state index in [1.807, 2.05) is 38.4 Å². The summed E-state index contributed by atoms with van der Waals surface area (Å²) < 4.78 is 22.9. The van der Waals surface area contributed by atoms with Gasteiger partial charge in [-0.15, -0.1) is 0 Å². The van der Waals surface area contributed by atoms with Crippen LogP contribution in [0.2, 0.25) is 0 Å². The zero-order chi connectivity index (χ0) is 16.1. The summed E-state index contributed by atoms with van der Waals surface area (Å²) in [5, 5.41) is 20.4. The van der Waals surface area contributed by atoms with Gasteiger partial charge in [0.15, 0.2) is 0 Å². The normalized spacial score (nSPS) is 13.9. The first kappa shape index (κ1) is 17.8. The van der Waals surface area contributed by atoms with Crippen molar-refractivity contribution in [1.82, 2.24) is 0 Å². The molecule has 6 heteroatoms. The largest absolute Gasteiger partial charge is 0.843 e. The van der Waals surface area contributed by atoms with Gasteiger partial charge < -0.3 is 14.7 Å². The second-order valence-electron chi connectivity index (χ2n) is 5.90. The second kappa shape index (κ2) is 7.17. The molecule has 0 radical (unpaired) electrons. The van der Waals surface area contributed by atoms with Crippen LogP contribution in [0.5, 0.6) is 0 Å². The number of aliphatic hydroxyl groups excluding tert-OH is 1. The molecule has 0 saturated heterocycles. The number of quaternary nitrogens is 1. The highest BCUT2D eigenvalue weighted by Crippen LogP contribution is 2.13. The first-order valence-electron chi connectivity index (χ1n) is 6.67. The second-order valence-corrected chi connectivity index (χ2v) is 7.96. The Kier molecular flexibility index (Phi) is 6.10. The van der Waals surface area contributed by atoms with Crippen molar-refractivity contribution in [2.75, 3.05) is 32.3 Å². The molecule has 118 valence electrons. The Labute approximate surface area is 126 Å². The van der Waals surface area contributed by atoms with E-state index in [1.54, 1.807) is 6.08 Å². The minimum Gasteiger partial charge on any atom is -0.843 e. The summed E-state index contributed by atoms with van der Waals surface area (Å²) in [6.07, 6.45) is 0.729. The van der Waals surface area contributed by atoms with Crippen LogP contribution in [-0.4, -0.2) is 56.4 Å². The van der Waals surface area contributed by atoms with Crippen LogP contribution in [0.1, 0.15) is 11.1 Å². The summed E-state index contributed by atoms with van der Waals surface area (Å²) in [4.78, 5) is 0. The van der Waals surface area contributed by atoms with Gasteiger partial charge in [0.2, 0.25) is 0 Å². The molecule has 0 aliphatic heterocycles. The fourth-order valence-corrected chi connectivity index (χ4v) is 3.07. The minimum atomic E-state index is -3.70. The topological polar surface area (TPSA) is 77.4 Å². The lowest BCUT2D eigenvalue weighted by atomic mass is 10.1. The lowest BCUT2D eigenvalue weighted by Gasteiger charge is -2.32. The van der Waals surface area contributed by atoms with Crippen molar-refractivity contribution in [3.63, 3.8) is 0 Å². The van der Waals surface area contributed by atoms with E-state index >= 15 is 0 Å². The Hall–Kier alpha value is -1.21. The molecule has 0 bridgehead atoms. The van der Waals surface area contributed by atoms with E-state index in [9.17, 15) is 18.6 Å². The maximum Gasteiger partial charge on any atom is 0.137 e. The van der Waals surface area contributed by atoms with Crippen molar-refractivity contribution in [1.29, 1.82) is 0 Å². The fraction of sp³-hybridized carbons (Fsp3) is 0.467. The summed E-state index contributed by atoms with van der Waals surface area (Å²) in [6.45, 7) is 4.62. The minimum absolute atomic E-state index is 0.266. The van der Waals surface area contributed by atoms with Gasteiger partial charge in [-0.05, 0) is 11.5 Å². The molecule has 0 saturated carbocycles. The van der Waals surface area contributed by atoms with Gasteiger partial charge in [-0.2, -0.15) is 0 Å². The number of hydrogen-bond acceptors (Lipinski definition) is 4. The van der Waals surface area contributed by atoms with E-state index in [4.69, 9.17) is 0 Å². The van der Waals surface area contributed by atoms with Crippen molar-refractivity contribution in [3.8, 4) is 0 Å². The SMILES string of the molecule is C=Cc1ccc(C[N+](C)(C)CC(O)CS(=O)(=O)C[O-])cc1. The number of sulfone groups is 1. The van der Waals surface area contributed by atoms with Gasteiger partial charge in [0.25, 0.3) is 0 Å². The van der Waals surface area contributed by atoms with Crippen LogP contribution in [0.3, 0.4) is 0 Å². The maximum atomic E-state index is 11.2. The van der Waals surface area contributed by atoms with Crippen LogP contribution >= 0.6 is 0 Å². The number of aliphatic hydroxyl groups is 1. The van der Waals surface area contributed by atoms with Gasteiger partial charge in [0, 0.05) is 5.56 Å². The predicted octanol–water partition coefficient (Wildman–Crippen LogP) is -0.000500. The van der Waals surface area contributed by atoms with E-state index < -0.39 is 27.6 Å². The molecule has 1 aromatic rings. The van der Waals surface area contributed by atoms with Gasteiger partial charge >= 0.3 is 0 Å². The van der Waals surface area contributed by atoms with Crippen molar-refractivity contribution < 1.29 is 23.1 Å². The first-order valence-corrected chi connectivity index (χ1v) is 8.49. The summed E-state index contributed by atoms with van der Waals surface area (Å²) >= 11 is 0. The van der Waals surface area contributed by atoms with Gasteiger partial charge in [0.05, 0.1) is 19.8 Å². The highest BCUT2D eigenvalue weighted by Gasteiger charge is 2.24. The van der Waals surface area contributed by atoms with Gasteiger partial charge in [0.1, 0.15) is 29.0 Å². The average Bonchev–Trinajstić information content (AvgIpc) is 2.37. The highest BCUT2D eigenvalue weighted by atomic mass is 32.2. The Morgan fingerprint density at radius 2 is 1.90 bits per heavy atom. The lowest BCUT2D eigenvalue weighted by molar-refractivity contribution is -0.906. The molecule has 0 aromatic heterocycles. The van der Waals surface area contributed by atoms with Crippen LogP contribution in [-0.2, 0) is 16.4 Å². The molecule has 5 nitrogen and oxygen atoms in total. The maximum absolute atomic E-state index is 11.2. The Morgan fingerprint density at radius 3 is 2.38 bits per heavy atom. The van der Waals surface area contributed by atoms with E-state index in [2.05, 4.69) is 6.58 Å². The molecule has 21 heavy (non-hydrogen) atoms. The molecule has 0 amide bonds. The Balaban J connectivity index is 2.65. The zero-order valence-electron chi connectivity index (χ0n) is 12.5. The molecular formula is C15H23NO4S. The van der Waals surface area contributed by atoms with Crippen LogP contribution in [0.15, 0.2) is 30.8 Å². The van der Waals surface area contributed by atoms with Crippen molar-refractivity contribution in [2.24, 2.45) is 0 Å². The third-order valence-electron chi connectivity index (χ3n) is 3.16. The smallest absolute Gasteiger partial charge is 0.137 e. The number of likely N-dealkylation sites (N-methyl/N-ethyl adjacent to an activating group) is 1. The standard InChI is InChI=1S/C15H23NO4S/c1-4-13-5-7-14(8-6-13)9-16(2,3)10-15(18)11-21(19,20)12-17/h4-8,15,18H,1,9-12H2,2-3H3. The number of hydrogen-bond donors (Lipinski definition) is 1. The molecular weight excluding hydrogens is 290 g/mol. The summed E-state index contributed by atoms with van der Waals surface area (Å²) in [5.41, 5.74) is 2.12. The van der Waals surface area contributed by atoms with Gasteiger partial charge in [-0.1, -0.05) is 36.9 Å². The van der Waals surface area contributed by atoms with E-state index in [1.165, 1.54) is 0 Å². The van der Waals surface area contributed by atoms with Crippen molar-refractivity contribution in [3.05, 3.63) is 42.0 Å². The van der Waals surface area contributed by atoms with Crippen LogP contribution in [0.25, 0.3) is 6.08 Å². The molecule has 0 aliphatic carbocycles. The predicted molar refractivity (Wildman–Crippen MR) is 81.9 cm³/mol. The Morgan fingerprint density at radius 1 is 1.33 bits per heavy atom. The number of rotatable bonds is 8. The number of nitrogens with zero attached hydrogens (tertiary/aromatic N) is 1. The first-order chi connectivity index (χ1) is 9.67. The highest BCUT2D eigenvalue weighted by molar-refractivity contribution is 7.91. The molecule has 1 rings (SSSR count). The summed E-state index contributed by atoms with van der Waals surface area (Å²) in [5.74, 6) is -1.66. The summed E-state index contributed by atoms with van der Waals surface area (Å²) in [7, 11) is 0.123. The van der Waals surface area contributed by atoms with Gasteiger partial charge in [-0.25, -0.2) is 8.42 Å². The molecule has 0 aliphatic rings. The average molecular weight is 313 g/mol. The lowest BCUT2D eigenvalue weighted by Crippen LogP contribution is -2.46. The van der Waals surface area contributed by atoms with Crippen molar-refractivity contribution in [2.45, 2.75) is 12.6 Å². The van der Waals surface area contributed by atoms with Gasteiger partial charge in [-0.3, -0.25) is 0 Å². The zero-order valence-corrected chi connectivity index (χ0v) is 13.3. The fourth-order valence-electron chi connectivity index (χ4n) is 2.28. The van der Waals surface area contributed by atoms with E-state index in [-0.39, 0.29) is 6.54 Å².